The molecule has 31 heavy (non-hydrogen) atoms. The molecule has 0 radical (unpaired) electrons. The molecule has 1 fully saturated rings. The van der Waals surface area contributed by atoms with Crippen molar-refractivity contribution in [2.75, 3.05) is 6.54 Å². The van der Waals surface area contributed by atoms with Gasteiger partial charge < -0.3 is 10.0 Å². The molecule has 158 valence electrons. The number of nitrogens with zero attached hydrogens (tertiary/aromatic N) is 3. The molecule has 2 aromatic carbocycles. The third kappa shape index (κ3) is 3.10. The van der Waals surface area contributed by atoms with Crippen LogP contribution in [0.2, 0.25) is 0 Å². The second kappa shape index (κ2) is 7.30. The van der Waals surface area contributed by atoms with Crippen LogP contribution in [0.25, 0.3) is 0 Å². The molecular formula is C23H19F2N3O3. The summed E-state index contributed by atoms with van der Waals surface area (Å²) >= 11 is 0. The second-order valence-electron chi connectivity index (χ2n) is 7.93. The lowest BCUT2D eigenvalue weighted by Crippen LogP contribution is -2.50. The number of carbonyl (C=O) groups is 1. The highest BCUT2D eigenvalue weighted by Crippen LogP contribution is 2.45. The first kappa shape index (κ1) is 19.4. The molecule has 0 unspecified atom stereocenters. The zero-order chi connectivity index (χ0) is 21.7. The molecule has 0 bridgehead atoms. The molecule has 2 aliphatic heterocycles. The van der Waals surface area contributed by atoms with E-state index in [1.54, 1.807) is 29.2 Å². The van der Waals surface area contributed by atoms with Gasteiger partial charge in [-0.25, -0.2) is 8.78 Å². The van der Waals surface area contributed by atoms with Gasteiger partial charge in [0, 0.05) is 12.5 Å². The quantitative estimate of drug-likeness (QED) is 0.702. The maximum atomic E-state index is 14.2. The number of hydrogen-bond acceptors (Lipinski definition) is 4. The van der Waals surface area contributed by atoms with Gasteiger partial charge in [-0.05, 0) is 48.2 Å². The zero-order valence-corrected chi connectivity index (χ0v) is 16.4. The van der Waals surface area contributed by atoms with E-state index in [9.17, 15) is 23.5 Å². The highest BCUT2D eigenvalue weighted by Gasteiger charge is 2.48. The van der Waals surface area contributed by atoms with E-state index in [1.165, 1.54) is 28.9 Å². The summed E-state index contributed by atoms with van der Waals surface area (Å²) < 4.78 is 29.2. The SMILES string of the molecule is O=C1c2c(O)c(=O)cnn2[C@@H]([C@@H](c2ccc(F)cc2)c2cccc(F)c2)[C@H]2CCCN12. The van der Waals surface area contributed by atoms with Crippen LogP contribution < -0.4 is 5.43 Å². The number of benzene rings is 2. The number of aromatic hydroxyl groups is 1. The minimum atomic E-state index is -0.736. The molecule has 1 N–H and O–H groups in total. The fraction of sp³-hybridized carbons (Fsp3) is 0.261. The summed E-state index contributed by atoms with van der Waals surface area (Å²) in [5, 5.41) is 14.6. The van der Waals surface area contributed by atoms with E-state index < -0.39 is 40.7 Å². The van der Waals surface area contributed by atoms with E-state index in [0.29, 0.717) is 24.1 Å². The van der Waals surface area contributed by atoms with Crippen molar-refractivity contribution in [3.05, 3.63) is 93.4 Å². The van der Waals surface area contributed by atoms with Crippen LogP contribution in [0, 0.1) is 11.6 Å². The number of rotatable bonds is 3. The van der Waals surface area contributed by atoms with Crippen molar-refractivity contribution < 1.29 is 18.7 Å². The van der Waals surface area contributed by atoms with Crippen LogP contribution in [-0.4, -0.2) is 38.3 Å². The standard InChI is InChI=1S/C23H19F2N3O3/c24-15-8-6-13(7-9-15)19(14-3-1-4-16(25)11-14)20-17-5-2-10-27(17)23(31)21-22(30)18(29)12-26-28(20)21/h1,3-4,6-9,11-12,17,19-20,30H,2,5,10H2/t17-,19+,20-/m1/s1. The van der Waals surface area contributed by atoms with E-state index in [1.807, 2.05) is 0 Å². The van der Waals surface area contributed by atoms with Gasteiger partial charge >= 0.3 is 0 Å². The molecule has 6 nitrogen and oxygen atoms in total. The third-order valence-corrected chi connectivity index (χ3v) is 6.20. The van der Waals surface area contributed by atoms with E-state index in [-0.39, 0.29) is 11.7 Å². The highest BCUT2D eigenvalue weighted by molar-refractivity contribution is 5.96. The molecular weight excluding hydrogens is 404 g/mol. The molecule has 5 rings (SSSR count). The summed E-state index contributed by atoms with van der Waals surface area (Å²) in [6.07, 6.45) is 2.43. The van der Waals surface area contributed by atoms with Crippen molar-refractivity contribution in [2.24, 2.45) is 0 Å². The number of carbonyl (C=O) groups excluding carboxylic acids is 1. The summed E-state index contributed by atoms with van der Waals surface area (Å²) in [7, 11) is 0. The van der Waals surface area contributed by atoms with Crippen molar-refractivity contribution in [2.45, 2.75) is 30.8 Å². The molecule has 1 amide bonds. The lowest BCUT2D eigenvalue weighted by molar-refractivity contribution is 0.0565. The molecule has 0 aliphatic carbocycles. The largest absolute Gasteiger partial charge is 0.502 e. The predicted molar refractivity (Wildman–Crippen MR) is 108 cm³/mol. The molecule has 3 aromatic rings. The number of amides is 1. The van der Waals surface area contributed by atoms with Crippen molar-refractivity contribution in [1.29, 1.82) is 0 Å². The van der Waals surface area contributed by atoms with Crippen molar-refractivity contribution in [3.8, 4) is 5.75 Å². The van der Waals surface area contributed by atoms with Crippen molar-refractivity contribution >= 4 is 5.91 Å². The van der Waals surface area contributed by atoms with Crippen LogP contribution in [0.1, 0.15) is 46.4 Å². The Hall–Kier alpha value is -3.55. The smallest absolute Gasteiger partial charge is 0.276 e. The fourth-order valence-electron chi connectivity index (χ4n) is 4.90. The van der Waals surface area contributed by atoms with E-state index in [4.69, 9.17) is 0 Å². The molecule has 0 spiro atoms. The molecule has 0 saturated carbocycles. The average Bonchev–Trinajstić information content (AvgIpc) is 3.24. The monoisotopic (exact) mass is 423 g/mol. The fourth-order valence-corrected chi connectivity index (χ4v) is 4.90. The third-order valence-electron chi connectivity index (χ3n) is 6.20. The molecule has 3 atom stereocenters. The van der Waals surface area contributed by atoms with Gasteiger partial charge in [-0.3, -0.25) is 14.3 Å². The summed E-state index contributed by atoms with van der Waals surface area (Å²) in [4.78, 5) is 26.8. The Kier molecular flexibility index (Phi) is 4.57. The van der Waals surface area contributed by atoms with Crippen LogP contribution in [0.15, 0.2) is 59.5 Å². The number of hydrogen-bond donors (Lipinski definition) is 1. The van der Waals surface area contributed by atoms with Crippen LogP contribution >= 0.6 is 0 Å². The lowest BCUT2D eigenvalue weighted by Gasteiger charge is -2.42. The first-order valence-electron chi connectivity index (χ1n) is 10.1. The van der Waals surface area contributed by atoms with Crippen LogP contribution in [-0.2, 0) is 0 Å². The Morgan fingerprint density at radius 1 is 1.03 bits per heavy atom. The second-order valence-corrected chi connectivity index (χ2v) is 7.93. The van der Waals surface area contributed by atoms with Gasteiger partial charge in [0.2, 0.25) is 5.43 Å². The van der Waals surface area contributed by atoms with E-state index in [0.717, 1.165) is 12.6 Å². The maximum Gasteiger partial charge on any atom is 0.276 e. The van der Waals surface area contributed by atoms with Gasteiger partial charge in [-0.1, -0.05) is 24.3 Å². The zero-order valence-electron chi connectivity index (χ0n) is 16.4. The summed E-state index contributed by atoms with van der Waals surface area (Å²) in [5.41, 5.74) is 0.437. The molecule has 2 aliphatic rings. The molecule has 1 aromatic heterocycles. The maximum absolute atomic E-state index is 14.2. The average molecular weight is 423 g/mol. The summed E-state index contributed by atoms with van der Waals surface area (Å²) in [6.45, 7) is 0.488. The van der Waals surface area contributed by atoms with Gasteiger partial charge in [0.1, 0.15) is 11.6 Å². The molecule has 3 heterocycles. The van der Waals surface area contributed by atoms with Gasteiger partial charge in [-0.2, -0.15) is 5.10 Å². The van der Waals surface area contributed by atoms with Crippen molar-refractivity contribution in [1.82, 2.24) is 14.7 Å². The van der Waals surface area contributed by atoms with Gasteiger partial charge in [0.25, 0.3) is 5.91 Å². The number of halogens is 2. The first-order chi connectivity index (χ1) is 15.0. The van der Waals surface area contributed by atoms with Crippen LogP contribution in [0.5, 0.6) is 5.75 Å². The van der Waals surface area contributed by atoms with E-state index in [2.05, 4.69) is 5.10 Å². The summed E-state index contributed by atoms with van der Waals surface area (Å²) in [5.74, 6) is -2.41. The Bertz CT molecular complexity index is 1230. The lowest BCUT2D eigenvalue weighted by atomic mass is 9.80. The topological polar surface area (TPSA) is 75.4 Å². The van der Waals surface area contributed by atoms with Gasteiger partial charge in [0.15, 0.2) is 11.4 Å². The Balaban J connectivity index is 1.78. The minimum absolute atomic E-state index is 0.167. The summed E-state index contributed by atoms with van der Waals surface area (Å²) in [6, 6.07) is 11.2. The van der Waals surface area contributed by atoms with Gasteiger partial charge in [-0.15, -0.1) is 0 Å². The van der Waals surface area contributed by atoms with Crippen LogP contribution in [0.4, 0.5) is 8.78 Å². The molecule has 1 saturated heterocycles. The van der Waals surface area contributed by atoms with Crippen LogP contribution in [0.3, 0.4) is 0 Å². The number of fused-ring (bicyclic) bond motifs is 2. The Labute approximate surface area is 176 Å². The van der Waals surface area contributed by atoms with Gasteiger partial charge in [0.05, 0.1) is 18.3 Å². The number of aromatic nitrogens is 2. The normalized spacial score (nSPS) is 21.0. The predicted octanol–water partition coefficient (Wildman–Crippen LogP) is 3.22. The van der Waals surface area contributed by atoms with E-state index >= 15 is 0 Å². The highest BCUT2D eigenvalue weighted by atomic mass is 19.1. The first-order valence-corrected chi connectivity index (χ1v) is 10.1. The molecule has 8 heteroatoms. The Morgan fingerprint density at radius 3 is 2.55 bits per heavy atom. The minimum Gasteiger partial charge on any atom is -0.502 e. The van der Waals surface area contributed by atoms with Crippen molar-refractivity contribution in [3.63, 3.8) is 0 Å². The Morgan fingerprint density at radius 2 is 1.81 bits per heavy atom.